The molecule has 0 aliphatic carbocycles. The zero-order chi connectivity index (χ0) is 23.4. The number of anilines is 2. The van der Waals surface area contributed by atoms with Gasteiger partial charge in [0, 0.05) is 30.8 Å². The smallest absolute Gasteiger partial charge is 0.227 e. The summed E-state index contributed by atoms with van der Waals surface area (Å²) in [4.78, 5) is 16.7. The Labute approximate surface area is 193 Å². The summed E-state index contributed by atoms with van der Waals surface area (Å²) >= 11 is 0. The van der Waals surface area contributed by atoms with Gasteiger partial charge in [-0.3, -0.25) is 0 Å². The van der Waals surface area contributed by atoms with Crippen molar-refractivity contribution in [1.29, 1.82) is 0 Å². The lowest BCUT2D eigenvalue weighted by atomic mass is 10.1. The lowest BCUT2D eigenvalue weighted by molar-refractivity contribution is 0.0987. The minimum Gasteiger partial charge on any atom is -0.496 e. The molecule has 2 atom stereocenters. The first-order valence-electron chi connectivity index (χ1n) is 11.1. The van der Waals surface area contributed by atoms with E-state index in [0.717, 1.165) is 29.0 Å². The molecule has 0 unspecified atom stereocenters. The first kappa shape index (κ1) is 23.2. The number of aliphatic hydroxyl groups is 1. The molecule has 1 aromatic carbocycles. The predicted molar refractivity (Wildman–Crippen MR) is 128 cm³/mol. The van der Waals surface area contributed by atoms with Crippen LogP contribution in [-0.4, -0.2) is 72.7 Å². The maximum Gasteiger partial charge on any atom is 0.227 e. The Hall–Kier alpha value is -3.01. The van der Waals surface area contributed by atoms with Crippen molar-refractivity contribution in [3.63, 3.8) is 0 Å². The van der Waals surface area contributed by atoms with Gasteiger partial charge in [-0.1, -0.05) is 0 Å². The number of aromatic nitrogens is 3. The summed E-state index contributed by atoms with van der Waals surface area (Å²) in [5, 5.41) is 13.9. The summed E-state index contributed by atoms with van der Waals surface area (Å²) in [6.45, 7) is 6.62. The Morgan fingerprint density at radius 1 is 1.21 bits per heavy atom. The SMILES string of the molecule is COC[C@H](C)Nc1nc(N2CCOC[C@@H]2C)c2ccc(-c3ccc(OC)c(CO)c3)nc2n1. The highest BCUT2D eigenvalue weighted by Crippen LogP contribution is 2.31. The molecule has 4 rings (SSSR count). The van der Waals surface area contributed by atoms with Gasteiger partial charge in [-0.25, -0.2) is 4.98 Å². The average molecular weight is 454 g/mol. The molecule has 0 spiro atoms. The number of benzene rings is 1. The van der Waals surface area contributed by atoms with Crippen molar-refractivity contribution in [2.45, 2.75) is 32.5 Å². The van der Waals surface area contributed by atoms with Gasteiger partial charge in [0.2, 0.25) is 5.95 Å². The lowest BCUT2D eigenvalue weighted by Crippen LogP contribution is -2.44. The van der Waals surface area contributed by atoms with Crippen LogP contribution in [0.4, 0.5) is 11.8 Å². The predicted octanol–water partition coefficient (Wildman–Crippen LogP) is 2.86. The Kier molecular flexibility index (Phi) is 7.22. The quantitative estimate of drug-likeness (QED) is 0.533. The van der Waals surface area contributed by atoms with Gasteiger partial charge in [0.25, 0.3) is 0 Å². The van der Waals surface area contributed by atoms with Crippen molar-refractivity contribution >= 4 is 22.8 Å². The number of nitrogens with one attached hydrogen (secondary N) is 1. The molecule has 9 heteroatoms. The Morgan fingerprint density at radius 3 is 2.79 bits per heavy atom. The van der Waals surface area contributed by atoms with Crippen LogP contribution >= 0.6 is 0 Å². The van der Waals surface area contributed by atoms with Gasteiger partial charge in [0.15, 0.2) is 5.65 Å². The Morgan fingerprint density at radius 2 is 2.06 bits per heavy atom. The molecule has 176 valence electrons. The minimum absolute atomic E-state index is 0.0410. The first-order chi connectivity index (χ1) is 16.0. The molecule has 0 saturated carbocycles. The molecule has 33 heavy (non-hydrogen) atoms. The van der Waals surface area contributed by atoms with E-state index in [1.165, 1.54) is 0 Å². The van der Waals surface area contributed by atoms with Crippen LogP contribution < -0.4 is 15.0 Å². The van der Waals surface area contributed by atoms with E-state index >= 15 is 0 Å². The lowest BCUT2D eigenvalue weighted by Gasteiger charge is -2.35. The number of hydrogen-bond acceptors (Lipinski definition) is 9. The Bertz CT molecular complexity index is 1110. The third-order valence-corrected chi connectivity index (χ3v) is 5.72. The highest BCUT2D eigenvalue weighted by molar-refractivity contribution is 5.90. The van der Waals surface area contributed by atoms with Crippen LogP contribution in [0.2, 0.25) is 0 Å². The molecule has 3 aromatic rings. The van der Waals surface area contributed by atoms with Crippen LogP contribution in [0.15, 0.2) is 30.3 Å². The summed E-state index contributed by atoms with van der Waals surface area (Å²) < 4.78 is 16.2. The van der Waals surface area contributed by atoms with Gasteiger partial charge >= 0.3 is 0 Å². The summed E-state index contributed by atoms with van der Waals surface area (Å²) in [6.07, 6.45) is 0. The number of rotatable bonds is 8. The molecular weight excluding hydrogens is 422 g/mol. The zero-order valence-corrected chi connectivity index (χ0v) is 19.5. The van der Waals surface area contributed by atoms with Gasteiger partial charge in [0.05, 0.1) is 50.7 Å². The number of ether oxygens (including phenoxy) is 3. The molecule has 0 bridgehead atoms. The highest BCUT2D eigenvalue weighted by atomic mass is 16.5. The van der Waals surface area contributed by atoms with E-state index in [-0.39, 0.29) is 18.7 Å². The Balaban J connectivity index is 1.80. The summed E-state index contributed by atoms with van der Waals surface area (Å²) in [6, 6.07) is 9.86. The minimum atomic E-state index is -0.114. The van der Waals surface area contributed by atoms with E-state index in [9.17, 15) is 5.11 Å². The molecular formula is C24H31N5O4. The fourth-order valence-corrected chi connectivity index (χ4v) is 4.05. The van der Waals surface area contributed by atoms with Gasteiger partial charge in [0.1, 0.15) is 11.6 Å². The van der Waals surface area contributed by atoms with E-state index in [2.05, 4.69) is 17.1 Å². The fraction of sp³-hybridized carbons (Fsp3) is 0.458. The van der Waals surface area contributed by atoms with E-state index in [4.69, 9.17) is 29.2 Å². The third kappa shape index (κ3) is 5.00. The molecule has 1 aliphatic heterocycles. The maximum absolute atomic E-state index is 9.71. The van der Waals surface area contributed by atoms with Gasteiger partial charge < -0.3 is 29.5 Å². The van der Waals surface area contributed by atoms with Crippen molar-refractivity contribution < 1.29 is 19.3 Å². The van der Waals surface area contributed by atoms with Crippen molar-refractivity contribution in [2.24, 2.45) is 0 Å². The van der Waals surface area contributed by atoms with Crippen molar-refractivity contribution in [1.82, 2.24) is 15.0 Å². The summed E-state index contributed by atoms with van der Waals surface area (Å²) in [5.74, 6) is 2.00. The maximum atomic E-state index is 9.71. The normalized spacial score (nSPS) is 17.2. The molecule has 0 amide bonds. The van der Waals surface area contributed by atoms with Crippen molar-refractivity contribution in [3.8, 4) is 17.0 Å². The second-order valence-corrected chi connectivity index (χ2v) is 8.24. The second kappa shape index (κ2) is 10.3. The van der Waals surface area contributed by atoms with Crippen LogP contribution in [-0.2, 0) is 16.1 Å². The van der Waals surface area contributed by atoms with Crippen LogP contribution in [0.25, 0.3) is 22.3 Å². The summed E-state index contributed by atoms with van der Waals surface area (Å²) in [7, 11) is 3.26. The number of morpholine rings is 1. The van der Waals surface area contributed by atoms with Crippen LogP contribution in [0.1, 0.15) is 19.4 Å². The number of pyridine rings is 1. The number of methoxy groups -OCH3 is 2. The van der Waals surface area contributed by atoms with Gasteiger partial charge in [-0.15, -0.1) is 0 Å². The fourth-order valence-electron chi connectivity index (χ4n) is 4.05. The second-order valence-electron chi connectivity index (χ2n) is 8.24. The van der Waals surface area contributed by atoms with E-state index in [1.54, 1.807) is 14.2 Å². The van der Waals surface area contributed by atoms with E-state index < -0.39 is 0 Å². The van der Waals surface area contributed by atoms with Crippen LogP contribution in [0, 0.1) is 0 Å². The molecule has 1 saturated heterocycles. The van der Waals surface area contributed by atoms with Crippen molar-refractivity contribution in [3.05, 3.63) is 35.9 Å². The first-order valence-corrected chi connectivity index (χ1v) is 11.1. The molecule has 2 aromatic heterocycles. The van der Waals surface area contributed by atoms with Gasteiger partial charge in [-0.05, 0) is 44.2 Å². The van der Waals surface area contributed by atoms with Crippen LogP contribution in [0.5, 0.6) is 5.75 Å². The molecule has 1 fully saturated rings. The van der Waals surface area contributed by atoms with E-state index in [0.29, 0.717) is 42.7 Å². The average Bonchev–Trinajstić information content (AvgIpc) is 2.83. The molecule has 0 radical (unpaired) electrons. The zero-order valence-electron chi connectivity index (χ0n) is 19.5. The molecule has 9 nitrogen and oxygen atoms in total. The molecule has 1 aliphatic rings. The third-order valence-electron chi connectivity index (χ3n) is 5.72. The topological polar surface area (TPSA) is 102 Å². The van der Waals surface area contributed by atoms with Crippen LogP contribution in [0.3, 0.4) is 0 Å². The highest BCUT2D eigenvalue weighted by Gasteiger charge is 2.24. The standard InChI is InChI=1S/C24H31N5O4/c1-15(13-31-3)25-24-27-22-19(23(28-24)29-9-10-33-14-16(29)2)6-7-20(26-22)17-5-8-21(32-4)18(11-17)12-30/h5-8,11,15-16,30H,9-10,12-14H2,1-4H3,(H,25,26,27,28)/t15-,16-/m0/s1. The number of fused-ring (bicyclic) bond motifs is 1. The summed E-state index contributed by atoms with van der Waals surface area (Å²) in [5.41, 5.74) is 2.95. The molecule has 3 heterocycles. The molecule has 2 N–H and O–H groups in total. The number of nitrogens with zero attached hydrogens (tertiary/aromatic N) is 4. The number of aliphatic hydroxyl groups excluding tert-OH is 1. The van der Waals surface area contributed by atoms with Gasteiger partial charge in [-0.2, -0.15) is 9.97 Å². The van der Waals surface area contributed by atoms with E-state index in [1.807, 2.05) is 37.3 Å². The van der Waals surface area contributed by atoms with Crippen molar-refractivity contribution in [2.75, 3.05) is 50.8 Å². The number of hydrogen-bond donors (Lipinski definition) is 2. The largest absolute Gasteiger partial charge is 0.496 e. The monoisotopic (exact) mass is 453 g/mol.